The van der Waals surface area contributed by atoms with Crippen LogP contribution in [0.25, 0.3) is 11.8 Å². The molecule has 0 unspecified atom stereocenters. The van der Waals surface area contributed by atoms with Gasteiger partial charge in [0, 0.05) is 17.1 Å². The van der Waals surface area contributed by atoms with Gasteiger partial charge in [-0.2, -0.15) is 15.1 Å². The van der Waals surface area contributed by atoms with E-state index in [1.165, 1.54) is 22.3 Å². The van der Waals surface area contributed by atoms with Crippen LogP contribution in [0.4, 0.5) is 0 Å². The van der Waals surface area contributed by atoms with E-state index in [0.29, 0.717) is 5.17 Å². The van der Waals surface area contributed by atoms with Crippen molar-refractivity contribution in [3.63, 3.8) is 0 Å². The number of carbonyl (C=O) groups excluding carboxylic acids is 1. The van der Waals surface area contributed by atoms with E-state index in [-0.39, 0.29) is 11.4 Å². The van der Waals surface area contributed by atoms with Gasteiger partial charge in [0.15, 0.2) is 5.84 Å². The Labute approximate surface area is 168 Å². The van der Waals surface area contributed by atoms with Gasteiger partial charge in [0.1, 0.15) is 5.04 Å². The molecule has 1 N–H and O–H groups in total. The molecule has 2 aromatic rings. The molecular formula is C21H21N5OS. The van der Waals surface area contributed by atoms with Crippen LogP contribution < -0.4 is 0 Å². The van der Waals surface area contributed by atoms with Gasteiger partial charge in [-0.15, -0.1) is 0 Å². The minimum atomic E-state index is -0.392. The number of carbonyl (C=O) groups is 1. The summed E-state index contributed by atoms with van der Waals surface area (Å²) in [5, 5.41) is 15.7. The number of amidine groups is 2. The van der Waals surface area contributed by atoms with Crippen molar-refractivity contribution in [2.24, 2.45) is 10.1 Å². The third-order valence-corrected chi connectivity index (χ3v) is 5.98. The Morgan fingerprint density at radius 2 is 1.96 bits per heavy atom. The molecule has 142 valence electrons. The SMILES string of the molecule is CCC1=NN2C(=N)/C(=C/c3cc(C)n(-c4ccccc4C)c3C)C(=O)N=C2S1. The molecule has 0 saturated carbocycles. The van der Waals surface area contributed by atoms with Crippen LogP contribution >= 0.6 is 11.8 Å². The number of rotatable bonds is 3. The van der Waals surface area contributed by atoms with Gasteiger partial charge >= 0.3 is 0 Å². The summed E-state index contributed by atoms with van der Waals surface area (Å²) in [6, 6.07) is 10.2. The molecule has 1 aromatic carbocycles. The lowest BCUT2D eigenvalue weighted by molar-refractivity contribution is -0.114. The average Bonchev–Trinajstić information content (AvgIpc) is 3.20. The Bertz CT molecular complexity index is 1110. The van der Waals surface area contributed by atoms with Gasteiger partial charge in [0.05, 0.1) is 5.57 Å². The van der Waals surface area contributed by atoms with E-state index in [2.05, 4.69) is 33.7 Å². The first-order chi connectivity index (χ1) is 13.4. The van der Waals surface area contributed by atoms with Crippen molar-refractivity contribution in [2.75, 3.05) is 0 Å². The highest BCUT2D eigenvalue weighted by molar-refractivity contribution is 8.26. The fourth-order valence-electron chi connectivity index (χ4n) is 3.45. The summed E-state index contributed by atoms with van der Waals surface area (Å²) in [5.74, 6) is -0.316. The second kappa shape index (κ2) is 6.91. The molecule has 6 nitrogen and oxygen atoms in total. The number of hydrogen-bond acceptors (Lipinski definition) is 4. The smallest absolute Gasteiger partial charge is 0.283 e. The van der Waals surface area contributed by atoms with E-state index < -0.39 is 5.91 Å². The van der Waals surface area contributed by atoms with Crippen LogP contribution in [0.3, 0.4) is 0 Å². The van der Waals surface area contributed by atoms with Crippen molar-refractivity contribution in [1.29, 1.82) is 5.41 Å². The van der Waals surface area contributed by atoms with E-state index in [9.17, 15) is 4.79 Å². The lowest BCUT2D eigenvalue weighted by Gasteiger charge is -2.20. The van der Waals surface area contributed by atoms with Crippen LogP contribution in [0.2, 0.25) is 0 Å². The lowest BCUT2D eigenvalue weighted by atomic mass is 10.1. The Hall–Kier alpha value is -2.93. The number of fused-ring (bicyclic) bond motifs is 1. The predicted molar refractivity (Wildman–Crippen MR) is 115 cm³/mol. The van der Waals surface area contributed by atoms with Crippen molar-refractivity contribution in [1.82, 2.24) is 9.58 Å². The van der Waals surface area contributed by atoms with Gasteiger partial charge in [-0.05, 0) is 68.3 Å². The van der Waals surface area contributed by atoms with E-state index in [1.54, 1.807) is 6.08 Å². The first kappa shape index (κ1) is 18.4. The fourth-order valence-corrected chi connectivity index (χ4v) is 4.27. The number of hydrogen-bond donors (Lipinski definition) is 1. The summed E-state index contributed by atoms with van der Waals surface area (Å²) in [6.45, 7) is 8.14. The Balaban J connectivity index is 1.78. The minimum Gasteiger partial charge on any atom is -0.318 e. The molecule has 0 aliphatic carbocycles. The fraction of sp³-hybridized carbons (Fsp3) is 0.238. The zero-order valence-corrected chi connectivity index (χ0v) is 17.1. The molecule has 0 atom stereocenters. The largest absolute Gasteiger partial charge is 0.318 e. The summed E-state index contributed by atoms with van der Waals surface area (Å²) >= 11 is 1.35. The van der Waals surface area contributed by atoms with Crippen LogP contribution in [0, 0.1) is 26.2 Å². The molecular weight excluding hydrogens is 370 g/mol. The molecule has 3 heterocycles. The summed E-state index contributed by atoms with van der Waals surface area (Å²) < 4.78 is 2.17. The van der Waals surface area contributed by atoms with Gasteiger partial charge in [0.2, 0.25) is 5.17 Å². The zero-order valence-electron chi connectivity index (χ0n) is 16.3. The van der Waals surface area contributed by atoms with Crippen molar-refractivity contribution in [3.05, 3.63) is 58.4 Å². The number of aryl methyl sites for hydroxylation is 2. The van der Waals surface area contributed by atoms with Crippen LogP contribution in [0.5, 0.6) is 0 Å². The maximum Gasteiger partial charge on any atom is 0.283 e. The Morgan fingerprint density at radius 3 is 2.68 bits per heavy atom. The van der Waals surface area contributed by atoms with Crippen molar-refractivity contribution in [2.45, 2.75) is 34.1 Å². The summed E-state index contributed by atoms with van der Waals surface area (Å²) in [6.07, 6.45) is 2.50. The van der Waals surface area contributed by atoms with E-state index in [0.717, 1.165) is 34.1 Å². The molecule has 0 spiro atoms. The topological polar surface area (TPSA) is 73.8 Å². The number of nitrogens with one attached hydrogen (secondary N) is 1. The number of aliphatic imine (C=N–C) groups is 1. The maximum atomic E-state index is 12.6. The molecule has 0 saturated heterocycles. The number of amides is 1. The van der Waals surface area contributed by atoms with E-state index >= 15 is 0 Å². The molecule has 0 fully saturated rings. The quantitative estimate of drug-likeness (QED) is 0.787. The standard InChI is InChI=1S/C21H21N5OS/c1-5-18-24-26-19(22)16(20(27)23-21(26)28-18)11-15-10-13(3)25(14(15)4)17-9-7-6-8-12(17)2/h6-11,22H,5H2,1-4H3/b16-11-,22-19?. The number of aromatic nitrogens is 1. The highest BCUT2D eigenvalue weighted by Gasteiger charge is 2.35. The monoisotopic (exact) mass is 391 g/mol. The normalized spacial score (nSPS) is 17.9. The van der Waals surface area contributed by atoms with Gasteiger partial charge in [-0.25, -0.2) is 0 Å². The number of para-hydroxylation sites is 1. The van der Waals surface area contributed by atoms with Crippen LogP contribution in [-0.2, 0) is 4.79 Å². The highest BCUT2D eigenvalue weighted by atomic mass is 32.2. The molecule has 4 rings (SSSR count). The maximum absolute atomic E-state index is 12.6. The molecule has 2 aliphatic heterocycles. The minimum absolute atomic E-state index is 0.0756. The van der Waals surface area contributed by atoms with Crippen molar-refractivity contribution >= 4 is 39.8 Å². The number of nitrogens with zero attached hydrogens (tertiary/aromatic N) is 4. The highest BCUT2D eigenvalue weighted by Crippen LogP contribution is 2.30. The molecule has 2 aliphatic rings. The summed E-state index contributed by atoms with van der Waals surface area (Å²) in [5.41, 5.74) is 5.54. The Morgan fingerprint density at radius 1 is 1.21 bits per heavy atom. The number of thioether (sulfide) groups is 1. The number of hydrazone groups is 1. The molecule has 0 radical (unpaired) electrons. The van der Waals surface area contributed by atoms with Crippen LogP contribution in [0.1, 0.15) is 35.9 Å². The van der Waals surface area contributed by atoms with Gasteiger partial charge in [-0.1, -0.05) is 25.1 Å². The second-order valence-corrected chi connectivity index (χ2v) is 7.86. The predicted octanol–water partition coefficient (Wildman–Crippen LogP) is 4.43. The van der Waals surface area contributed by atoms with Crippen molar-refractivity contribution in [3.8, 4) is 5.69 Å². The average molecular weight is 392 g/mol. The zero-order chi connectivity index (χ0) is 20.0. The molecule has 1 amide bonds. The van der Waals surface area contributed by atoms with Gasteiger partial charge in [0.25, 0.3) is 5.91 Å². The van der Waals surface area contributed by atoms with Crippen molar-refractivity contribution < 1.29 is 4.79 Å². The Kier molecular flexibility index (Phi) is 4.55. The first-order valence-electron chi connectivity index (χ1n) is 9.14. The van der Waals surface area contributed by atoms with Crippen LogP contribution in [0.15, 0.2) is 46.0 Å². The number of benzene rings is 1. The second-order valence-electron chi connectivity index (χ2n) is 6.82. The van der Waals surface area contributed by atoms with E-state index in [4.69, 9.17) is 5.41 Å². The molecule has 0 bridgehead atoms. The third-order valence-electron chi connectivity index (χ3n) is 4.93. The van der Waals surface area contributed by atoms with E-state index in [1.807, 2.05) is 39.0 Å². The third kappa shape index (κ3) is 2.92. The van der Waals surface area contributed by atoms with Crippen LogP contribution in [-0.4, -0.2) is 31.5 Å². The molecule has 28 heavy (non-hydrogen) atoms. The molecule has 7 heteroatoms. The first-order valence-corrected chi connectivity index (χ1v) is 9.96. The molecule has 1 aromatic heterocycles. The summed E-state index contributed by atoms with van der Waals surface area (Å²) in [4.78, 5) is 16.7. The summed E-state index contributed by atoms with van der Waals surface area (Å²) in [7, 11) is 0. The van der Waals surface area contributed by atoms with Gasteiger partial charge in [-0.3, -0.25) is 10.2 Å². The van der Waals surface area contributed by atoms with Gasteiger partial charge < -0.3 is 4.57 Å². The lowest BCUT2D eigenvalue weighted by Crippen LogP contribution is -2.35.